The maximum absolute atomic E-state index is 13.8. The molecule has 0 aliphatic heterocycles. The van der Waals surface area contributed by atoms with Gasteiger partial charge in [0.25, 0.3) is 0 Å². The van der Waals surface area contributed by atoms with Crippen LogP contribution >= 0.6 is 11.6 Å². The van der Waals surface area contributed by atoms with E-state index in [2.05, 4.69) is 0 Å². The molecule has 0 radical (unpaired) electrons. The summed E-state index contributed by atoms with van der Waals surface area (Å²) in [6.07, 6.45) is -1.92. The van der Waals surface area contributed by atoms with E-state index in [-0.39, 0.29) is 5.02 Å². The molecule has 0 bridgehead atoms. The third kappa shape index (κ3) is 4.08. The Morgan fingerprint density at radius 1 is 1.26 bits per heavy atom. The van der Waals surface area contributed by atoms with E-state index >= 15 is 0 Å². The number of hydrogen-bond acceptors (Lipinski definition) is 1. The largest absolute Gasteiger partial charge is 0.416 e. The first-order valence-electron chi connectivity index (χ1n) is 6.09. The topological polar surface area (TPSA) is 26.0 Å². The van der Waals surface area contributed by atoms with Crippen molar-refractivity contribution in [3.8, 4) is 0 Å². The fourth-order valence-electron chi connectivity index (χ4n) is 1.93. The Kier molecular flexibility index (Phi) is 5.62. The first-order chi connectivity index (χ1) is 8.79. The van der Waals surface area contributed by atoms with Crippen LogP contribution in [0, 0.1) is 5.82 Å². The lowest BCUT2D eigenvalue weighted by Crippen LogP contribution is -2.19. The third-order valence-electron chi connectivity index (χ3n) is 2.93. The van der Waals surface area contributed by atoms with E-state index in [1.165, 1.54) is 0 Å². The van der Waals surface area contributed by atoms with Gasteiger partial charge >= 0.3 is 6.18 Å². The Morgan fingerprint density at radius 3 is 2.42 bits per heavy atom. The highest BCUT2D eigenvalue weighted by molar-refractivity contribution is 6.30. The zero-order valence-corrected chi connectivity index (χ0v) is 11.3. The van der Waals surface area contributed by atoms with Crippen LogP contribution in [0.1, 0.15) is 49.8 Å². The highest BCUT2D eigenvalue weighted by Crippen LogP contribution is 2.38. The molecule has 108 valence electrons. The van der Waals surface area contributed by atoms with Gasteiger partial charge in [-0.1, -0.05) is 37.8 Å². The van der Waals surface area contributed by atoms with E-state index in [1.54, 1.807) is 0 Å². The summed E-state index contributed by atoms with van der Waals surface area (Å²) < 4.78 is 52.4. The van der Waals surface area contributed by atoms with Gasteiger partial charge in [-0.2, -0.15) is 13.2 Å². The predicted octanol–water partition coefficient (Wildman–Crippen LogP) is 5.08. The van der Waals surface area contributed by atoms with Crippen LogP contribution in [0.25, 0.3) is 0 Å². The lowest BCUT2D eigenvalue weighted by Gasteiger charge is -2.19. The fourth-order valence-corrected chi connectivity index (χ4v) is 2.10. The Hall–Kier alpha value is -0.810. The molecular formula is C13H16ClF4N. The molecule has 6 heteroatoms. The van der Waals surface area contributed by atoms with Crippen molar-refractivity contribution in [3.63, 3.8) is 0 Å². The van der Waals surface area contributed by atoms with Crippen LogP contribution in [0.15, 0.2) is 12.1 Å². The summed E-state index contributed by atoms with van der Waals surface area (Å²) in [5.41, 5.74) is 4.13. The van der Waals surface area contributed by atoms with E-state index in [0.717, 1.165) is 25.0 Å². The number of hydrogen-bond donors (Lipinski definition) is 1. The number of rotatable bonds is 5. The summed E-state index contributed by atoms with van der Waals surface area (Å²) in [6.45, 7) is 1.96. The molecule has 2 N–H and O–H groups in total. The third-order valence-corrected chi connectivity index (χ3v) is 3.22. The molecule has 1 aromatic carbocycles. The van der Waals surface area contributed by atoms with E-state index < -0.39 is 29.2 Å². The first kappa shape index (κ1) is 16.2. The SMILES string of the molecule is CCCCC[C@H](N)c1c(C(F)(F)F)ccc(Cl)c1F. The minimum Gasteiger partial charge on any atom is -0.324 e. The van der Waals surface area contributed by atoms with Crippen molar-refractivity contribution >= 4 is 11.6 Å². The minimum absolute atomic E-state index is 0.300. The Balaban J connectivity index is 3.12. The molecule has 1 aromatic rings. The Labute approximate surface area is 114 Å². The molecule has 0 saturated heterocycles. The van der Waals surface area contributed by atoms with Crippen molar-refractivity contribution < 1.29 is 17.6 Å². The molecule has 0 heterocycles. The molecule has 0 aliphatic carbocycles. The molecule has 1 nitrogen and oxygen atoms in total. The van der Waals surface area contributed by atoms with Gasteiger partial charge in [-0.05, 0) is 18.6 Å². The second kappa shape index (κ2) is 6.57. The van der Waals surface area contributed by atoms with Crippen LogP contribution < -0.4 is 5.73 Å². The standard InChI is InChI=1S/C13H16ClF4N/c1-2-3-4-5-10(19)11-8(13(16,17)18)6-7-9(14)12(11)15/h6-7,10H,2-5,19H2,1H3/t10-/m0/s1. The fraction of sp³-hybridized carbons (Fsp3) is 0.538. The average molecular weight is 298 g/mol. The van der Waals surface area contributed by atoms with Gasteiger partial charge in [-0.25, -0.2) is 4.39 Å². The van der Waals surface area contributed by atoms with Gasteiger partial charge in [0.2, 0.25) is 0 Å². The normalized spacial score (nSPS) is 13.6. The van der Waals surface area contributed by atoms with E-state index in [1.807, 2.05) is 6.92 Å². The van der Waals surface area contributed by atoms with Gasteiger partial charge in [-0.3, -0.25) is 0 Å². The lowest BCUT2D eigenvalue weighted by molar-refractivity contribution is -0.138. The van der Waals surface area contributed by atoms with Gasteiger partial charge < -0.3 is 5.73 Å². The minimum atomic E-state index is -4.64. The summed E-state index contributed by atoms with van der Waals surface area (Å²) in [4.78, 5) is 0. The van der Waals surface area contributed by atoms with Crippen LogP contribution in [-0.2, 0) is 6.18 Å². The zero-order valence-electron chi connectivity index (χ0n) is 10.5. The molecule has 0 aromatic heterocycles. The summed E-state index contributed by atoms with van der Waals surface area (Å²) in [6, 6.07) is 0.685. The summed E-state index contributed by atoms with van der Waals surface area (Å²) in [5.74, 6) is -1.07. The van der Waals surface area contributed by atoms with Crippen molar-refractivity contribution in [1.29, 1.82) is 0 Å². The van der Waals surface area contributed by atoms with Gasteiger partial charge in [-0.15, -0.1) is 0 Å². The van der Waals surface area contributed by atoms with Gasteiger partial charge in [0.15, 0.2) is 0 Å². The van der Waals surface area contributed by atoms with Crippen molar-refractivity contribution in [2.24, 2.45) is 5.73 Å². The molecule has 1 atom stereocenters. The van der Waals surface area contributed by atoms with Crippen LogP contribution in [0.2, 0.25) is 5.02 Å². The summed E-state index contributed by atoms with van der Waals surface area (Å²) >= 11 is 5.54. The molecule has 0 aliphatic rings. The lowest BCUT2D eigenvalue weighted by atomic mass is 9.95. The average Bonchev–Trinajstić information content (AvgIpc) is 2.31. The van der Waals surface area contributed by atoms with Crippen LogP contribution in [0.4, 0.5) is 17.6 Å². The molecule has 19 heavy (non-hydrogen) atoms. The smallest absolute Gasteiger partial charge is 0.324 e. The summed E-state index contributed by atoms with van der Waals surface area (Å²) in [5, 5.41) is -0.339. The van der Waals surface area contributed by atoms with Crippen molar-refractivity contribution in [2.75, 3.05) is 0 Å². The number of benzene rings is 1. The monoisotopic (exact) mass is 297 g/mol. The van der Waals surface area contributed by atoms with Gasteiger partial charge in [0.05, 0.1) is 10.6 Å². The number of alkyl halides is 3. The highest BCUT2D eigenvalue weighted by Gasteiger charge is 2.36. The van der Waals surface area contributed by atoms with Gasteiger partial charge in [0, 0.05) is 11.6 Å². The molecule has 0 unspecified atom stereocenters. The van der Waals surface area contributed by atoms with Gasteiger partial charge in [0.1, 0.15) is 5.82 Å². The second-order valence-corrected chi connectivity index (χ2v) is 4.83. The van der Waals surface area contributed by atoms with Crippen LogP contribution in [0.5, 0.6) is 0 Å². The molecule has 0 spiro atoms. The maximum atomic E-state index is 13.8. The number of unbranched alkanes of at least 4 members (excludes halogenated alkanes) is 2. The Morgan fingerprint density at radius 2 is 1.89 bits per heavy atom. The number of halogens is 5. The first-order valence-corrected chi connectivity index (χ1v) is 6.47. The molecule has 0 saturated carbocycles. The van der Waals surface area contributed by atoms with Crippen molar-refractivity contribution in [3.05, 3.63) is 34.1 Å². The van der Waals surface area contributed by atoms with Crippen LogP contribution in [0.3, 0.4) is 0 Å². The second-order valence-electron chi connectivity index (χ2n) is 4.42. The predicted molar refractivity (Wildman–Crippen MR) is 67.5 cm³/mol. The summed E-state index contributed by atoms with van der Waals surface area (Å²) in [7, 11) is 0. The molecular weight excluding hydrogens is 282 g/mol. The van der Waals surface area contributed by atoms with Crippen molar-refractivity contribution in [2.45, 2.75) is 44.8 Å². The van der Waals surface area contributed by atoms with Crippen LogP contribution in [-0.4, -0.2) is 0 Å². The number of nitrogens with two attached hydrogens (primary N) is 1. The molecule has 0 amide bonds. The van der Waals surface area contributed by atoms with E-state index in [9.17, 15) is 17.6 Å². The quantitative estimate of drug-likeness (QED) is 0.595. The molecule has 0 fully saturated rings. The highest BCUT2D eigenvalue weighted by atomic mass is 35.5. The van der Waals surface area contributed by atoms with Crippen molar-refractivity contribution in [1.82, 2.24) is 0 Å². The zero-order chi connectivity index (χ0) is 14.6. The van der Waals surface area contributed by atoms with E-state index in [0.29, 0.717) is 12.8 Å². The Bertz CT molecular complexity index is 431. The maximum Gasteiger partial charge on any atom is 0.416 e. The van der Waals surface area contributed by atoms with E-state index in [4.69, 9.17) is 17.3 Å². The molecule has 1 rings (SSSR count).